The van der Waals surface area contributed by atoms with Gasteiger partial charge in [-0.2, -0.15) is 5.10 Å². The summed E-state index contributed by atoms with van der Waals surface area (Å²) >= 11 is 0. The number of anilines is 1. The first-order valence-corrected chi connectivity index (χ1v) is 8.96. The van der Waals surface area contributed by atoms with Crippen LogP contribution >= 0.6 is 0 Å². The SMILES string of the molecule is O=C(Nc1ccccc1F)c1nn(-c2ccccc2)c2c1CCCCC2. The topological polar surface area (TPSA) is 46.9 Å². The molecule has 0 unspecified atom stereocenters. The number of nitrogens with zero attached hydrogens (tertiary/aromatic N) is 2. The predicted octanol–water partition coefficient (Wildman–Crippen LogP) is 4.53. The third-order valence-electron chi connectivity index (χ3n) is 4.77. The number of nitrogens with one attached hydrogen (secondary N) is 1. The molecular formula is C21H20FN3O. The monoisotopic (exact) mass is 349 g/mol. The fourth-order valence-electron chi connectivity index (χ4n) is 3.49. The van der Waals surface area contributed by atoms with Crippen LogP contribution in [0.4, 0.5) is 10.1 Å². The van der Waals surface area contributed by atoms with Crippen LogP contribution in [0.5, 0.6) is 0 Å². The highest BCUT2D eigenvalue weighted by Crippen LogP contribution is 2.27. The van der Waals surface area contributed by atoms with Gasteiger partial charge in [-0.25, -0.2) is 9.07 Å². The van der Waals surface area contributed by atoms with Crippen molar-refractivity contribution >= 4 is 11.6 Å². The highest BCUT2D eigenvalue weighted by Gasteiger charge is 2.25. The summed E-state index contributed by atoms with van der Waals surface area (Å²) in [4.78, 5) is 12.8. The Bertz CT molecular complexity index is 934. The Labute approximate surface area is 151 Å². The maximum atomic E-state index is 13.9. The van der Waals surface area contributed by atoms with Crippen molar-refractivity contribution in [1.29, 1.82) is 0 Å². The van der Waals surface area contributed by atoms with Crippen LogP contribution in [0.15, 0.2) is 54.6 Å². The molecule has 0 aliphatic heterocycles. The zero-order valence-electron chi connectivity index (χ0n) is 14.4. The molecule has 1 amide bonds. The molecule has 1 heterocycles. The second-order valence-corrected chi connectivity index (χ2v) is 6.52. The molecule has 0 saturated carbocycles. The fraction of sp³-hybridized carbons (Fsp3) is 0.238. The molecule has 26 heavy (non-hydrogen) atoms. The van der Waals surface area contributed by atoms with Gasteiger partial charge in [-0.05, 0) is 49.9 Å². The maximum Gasteiger partial charge on any atom is 0.276 e. The van der Waals surface area contributed by atoms with Gasteiger partial charge in [-0.3, -0.25) is 4.79 Å². The van der Waals surface area contributed by atoms with Gasteiger partial charge >= 0.3 is 0 Å². The van der Waals surface area contributed by atoms with E-state index in [1.807, 2.05) is 35.0 Å². The predicted molar refractivity (Wildman–Crippen MR) is 99.2 cm³/mol. The lowest BCUT2D eigenvalue weighted by Crippen LogP contribution is -2.15. The normalized spacial score (nSPS) is 13.7. The molecule has 1 aliphatic carbocycles. The Hall–Kier alpha value is -2.95. The van der Waals surface area contributed by atoms with E-state index in [-0.39, 0.29) is 11.6 Å². The summed E-state index contributed by atoms with van der Waals surface area (Å²) in [6.45, 7) is 0. The summed E-state index contributed by atoms with van der Waals surface area (Å²) in [5.74, 6) is -0.808. The highest BCUT2D eigenvalue weighted by atomic mass is 19.1. The van der Waals surface area contributed by atoms with Crippen LogP contribution in [0.1, 0.15) is 41.0 Å². The lowest BCUT2D eigenvalue weighted by Gasteiger charge is -2.06. The summed E-state index contributed by atoms with van der Waals surface area (Å²) in [6.07, 6.45) is 4.97. The van der Waals surface area contributed by atoms with Crippen molar-refractivity contribution in [2.24, 2.45) is 0 Å². The number of para-hydroxylation sites is 2. The number of aromatic nitrogens is 2. The van der Waals surface area contributed by atoms with Crippen LogP contribution in [0.25, 0.3) is 5.69 Å². The van der Waals surface area contributed by atoms with E-state index in [1.165, 1.54) is 6.07 Å². The molecule has 0 bridgehead atoms. The first kappa shape index (κ1) is 16.5. The van der Waals surface area contributed by atoms with Gasteiger partial charge in [0.2, 0.25) is 0 Å². The van der Waals surface area contributed by atoms with Crippen molar-refractivity contribution < 1.29 is 9.18 Å². The van der Waals surface area contributed by atoms with Crippen molar-refractivity contribution in [1.82, 2.24) is 9.78 Å². The molecule has 0 saturated heterocycles. The highest BCUT2D eigenvalue weighted by molar-refractivity contribution is 6.04. The summed E-state index contributed by atoms with van der Waals surface area (Å²) in [5.41, 5.74) is 3.59. The lowest BCUT2D eigenvalue weighted by molar-refractivity contribution is 0.102. The Morgan fingerprint density at radius 3 is 2.50 bits per heavy atom. The maximum absolute atomic E-state index is 13.9. The number of halogens is 1. The minimum atomic E-state index is -0.450. The van der Waals surface area contributed by atoms with E-state index in [0.29, 0.717) is 5.69 Å². The number of carbonyl (C=O) groups excluding carboxylic acids is 1. The van der Waals surface area contributed by atoms with E-state index in [4.69, 9.17) is 0 Å². The van der Waals surface area contributed by atoms with E-state index < -0.39 is 5.82 Å². The third kappa shape index (κ3) is 3.12. The van der Waals surface area contributed by atoms with Crippen molar-refractivity contribution in [3.63, 3.8) is 0 Å². The Morgan fingerprint density at radius 2 is 1.69 bits per heavy atom. The first-order chi connectivity index (χ1) is 12.7. The van der Waals surface area contributed by atoms with Crippen LogP contribution in [0.2, 0.25) is 0 Å². The molecule has 3 aromatic rings. The van der Waals surface area contributed by atoms with Gasteiger partial charge in [0.25, 0.3) is 5.91 Å². The number of fused-ring (bicyclic) bond motifs is 1. The molecule has 1 N–H and O–H groups in total. The summed E-state index contributed by atoms with van der Waals surface area (Å²) < 4.78 is 15.8. The average molecular weight is 349 g/mol. The first-order valence-electron chi connectivity index (χ1n) is 8.96. The molecule has 132 valence electrons. The molecule has 0 fully saturated rings. The Morgan fingerprint density at radius 1 is 0.962 bits per heavy atom. The van der Waals surface area contributed by atoms with Crippen molar-refractivity contribution in [2.75, 3.05) is 5.32 Å². The number of hydrogen-bond acceptors (Lipinski definition) is 2. The van der Waals surface area contributed by atoms with Crippen molar-refractivity contribution in [3.8, 4) is 5.69 Å². The number of carbonyl (C=O) groups is 1. The number of hydrogen-bond donors (Lipinski definition) is 1. The average Bonchev–Trinajstić information content (AvgIpc) is 2.86. The number of rotatable bonds is 3. The molecule has 0 spiro atoms. The molecule has 5 heteroatoms. The van der Waals surface area contributed by atoms with Gasteiger partial charge in [-0.1, -0.05) is 36.8 Å². The molecule has 4 rings (SSSR count). The second-order valence-electron chi connectivity index (χ2n) is 6.52. The smallest absolute Gasteiger partial charge is 0.276 e. The zero-order valence-corrected chi connectivity index (χ0v) is 14.4. The van der Waals surface area contributed by atoms with Gasteiger partial charge < -0.3 is 5.32 Å². The largest absolute Gasteiger partial charge is 0.318 e. The molecular weight excluding hydrogens is 329 g/mol. The lowest BCUT2D eigenvalue weighted by atomic mass is 10.1. The Balaban J connectivity index is 1.75. The van der Waals surface area contributed by atoms with E-state index in [9.17, 15) is 9.18 Å². The van der Waals surface area contributed by atoms with Gasteiger partial charge in [-0.15, -0.1) is 0 Å². The molecule has 1 aliphatic rings. The Kier molecular flexibility index (Phi) is 4.52. The second kappa shape index (κ2) is 7.12. The van der Waals surface area contributed by atoms with E-state index in [0.717, 1.165) is 49.0 Å². The van der Waals surface area contributed by atoms with Crippen LogP contribution in [-0.4, -0.2) is 15.7 Å². The number of amides is 1. The molecule has 1 aromatic heterocycles. The molecule has 2 aromatic carbocycles. The van der Waals surface area contributed by atoms with Gasteiger partial charge in [0.1, 0.15) is 5.82 Å². The van der Waals surface area contributed by atoms with E-state index in [1.54, 1.807) is 18.2 Å². The van der Waals surface area contributed by atoms with Crippen molar-refractivity contribution in [3.05, 3.63) is 77.4 Å². The van der Waals surface area contributed by atoms with Gasteiger partial charge in [0, 0.05) is 11.3 Å². The summed E-state index contributed by atoms with van der Waals surface area (Å²) in [6, 6.07) is 16.0. The minimum absolute atomic E-state index is 0.175. The van der Waals surface area contributed by atoms with Crippen LogP contribution in [0, 0.1) is 5.82 Å². The quantitative estimate of drug-likeness (QED) is 0.706. The minimum Gasteiger partial charge on any atom is -0.318 e. The molecule has 0 atom stereocenters. The summed E-state index contributed by atoms with van der Waals surface area (Å²) in [7, 11) is 0. The zero-order chi connectivity index (χ0) is 17.9. The molecule has 0 radical (unpaired) electrons. The van der Waals surface area contributed by atoms with Crippen LogP contribution < -0.4 is 5.32 Å². The van der Waals surface area contributed by atoms with Crippen LogP contribution in [0.3, 0.4) is 0 Å². The van der Waals surface area contributed by atoms with Crippen molar-refractivity contribution in [2.45, 2.75) is 32.1 Å². The van der Waals surface area contributed by atoms with Gasteiger partial charge in [0.15, 0.2) is 5.69 Å². The molecule has 4 nitrogen and oxygen atoms in total. The van der Waals surface area contributed by atoms with Gasteiger partial charge in [0.05, 0.1) is 11.4 Å². The van der Waals surface area contributed by atoms with E-state index >= 15 is 0 Å². The third-order valence-corrected chi connectivity index (χ3v) is 4.77. The fourth-order valence-corrected chi connectivity index (χ4v) is 3.49. The van der Waals surface area contributed by atoms with E-state index in [2.05, 4.69) is 10.4 Å². The van der Waals surface area contributed by atoms with Crippen LogP contribution in [-0.2, 0) is 12.8 Å². The summed E-state index contributed by atoms with van der Waals surface area (Å²) in [5, 5.41) is 7.28. The number of benzene rings is 2. The standard InChI is InChI=1S/C21H20FN3O/c22-17-12-7-8-13-18(17)23-21(26)20-16-11-5-2-6-14-19(16)25(24-20)15-9-3-1-4-10-15/h1,3-4,7-10,12-13H,2,5-6,11,14H2,(H,23,26).